The zero-order chi connectivity index (χ0) is 14.4. The van der Waals surface area contributed by atoms with Crippen molar-refractivity contribution in [3.05, 3.63) is 29.8 Å². The highest BCUT2D eigenvalue weighted by Crippen LogP contribution is 2.30. The fourth-order valence-electron chi connectivity index (χ4n) is 2.85. The summed E-state index contributed by atoms with van der Waals surface area (Å²) < 4.78 is 5.58. The Bertz CT molecular complexity index is 390. The van der Waals surface area contributed by atoms with Crippen molar-refractivity contribution in [2.24, 2.45) is 11.8 Å². The molecule has 1 aliphatic carbocycles. The second kappa shape index (κ2) is 7.65. The summed E-state index contributed by atoms with van der Waals surface area (Å²) in [6.45, 7) is 6.34. The molecule has 0 bridgehead atoms. The van der Waals surface area contributed by atoms with Gasteiger partial charge in [-0.25, -0.2) is 0 Å². The van der Waals surface area contributed by atoms with E-state index in [9.17, 15) is 5.11 Å². The molecule has 2 N–H and O–H groups in total. The number of benzene rings is 1. The molecule has 0 saturated heterocycles. The van der Waals surface area contributed by atoms with E-state index < -0.39 is 6.10 Å². The van der Waals surface area contributed by atoms with Crippen LogP contribution in [0.2, 0.25) is 0 Å². The van der Waals surface area contributed by atoms with E-state index in [1.165, 1.54) is 24.8 Å². The van der Waals surface area contributed by atoms with Gasteiger partial charge in [-0.05, 0) is 43.9 Å². The number of ether oxygens (including phenoxy) is 1. The third-order valence-electron chi connectivity index (χ3n) is 4.29. The molecular formula is C17H27NO2. The highest BCUT2D eigenvalue weighted by Gasteiger charge is 2.22. The van der Waals surface area contributed by atoms with Crippen LogP contribution in [0.3, 0.4) is 0 Å². The number of aliphatic hydroxyl groups excluding tert-OH is 1. The van der Waals surface area contributed by atoms with Crippen molar-refractivity contribution in [3.8, 4) is 5.75 Å². The lowest BCUT2D eigenvalue weighted by molar-refractivity contribution is 0.105. The highest BCUT2D eigenvalue weighted by molar-refractivity contribution is 5.26. The minimum absolute atomic E-state index is 0.344. The quantitative estimate of drug-likeness (QED) is 0.805. The van der Waals surface area contributed by atoms with Crippen molar-refractivity contribution < 1.29 is 9.84 Å². The van der Waals surface area contributed by atoms with Gasteiger partial charge in [0, 0.05) is 6.54 Å². The van der Waals surface area contributed by atoms with E-state index in [0.717, 1.165) is 24.1 Å². The topological polar surface area (TPSA) is 41.5 Å². The summed E-state index contributed by atoms with van der Waals surface area (Å²) >= 11 is 0. The average Bonchev–Trinajstić information content (AvgIpc) is 2.84. The zero-order valence-corrected chi connectivity index (χ0v) is 12.6. The summed E-state index contributed by atoms with van der Waals surface area (Å²) in [5, 5.41) is 13.3. The lowest BCUT2D eigenvalue weighted by atomic mass is 9.98. The fourth-order valence-corrected chi connectivity index (χ4v) is 2.85. The predicted octanol–water partition coefficient (Wildman–Crippen LogP) is 2.76. The van der Waals surface area contributed by atoms with Crippen LogP contribution in [0.1, 0.15) is 31.7 Å². The molecule has 20 heavy (non-hydrogen) atoms. The van der Waals surface area contributed by atoms with Gasteiger partial charge in [0.1, 0.15) is 18.5 Å². The van der Waals surface area contributed by atoms with E-state index in [4.69, 9.17) is 4.74 Å². The summed E-state index contributed by atoms with van der Waals surface area (Å²) in [7, 11) is 0. The number of hydrogen-bond acceptors (Lipinski definition) is 3. The molecular weight excluding hydrogens is 250 g/mol. The molecule has 3 unspecified atom stereocenters. The molecule has 0 aromatic heterocycles. The van der Waals surface area contributed by atoms with Gasteiger partial charge >= 0.3 is 0 Å². The van der Waals surface area contributed by atoms with Crippen LogP contribution in [0.4, 0.5) is 0 Å². The molecule has 0 spiro atoms. The molecule has 0 aliphatic heterocycles. The Morgan fingerprint density at radius 3 is 2.70 bits per heavy atom. The molecule has 1 fully saturated rings. The third kappa shape index (κ3) is 4.80. The lowest BCUT2D eigenvalue weighted by Crippen LogP contribution is -2.34. The first kappa shape index (κ1) is 15.3. The molecule has 0 amide bonds. The van der Waals surface area contributed by atoms with E-state index in [1.807, 2.05) is 31.2 Å². The largest absolute Gasteiger partial charge is 0.491 e. The predicted molar refractivity (Wildman–Crippen MR) is 82.1 cm³/mol. The van der Waals surface area contributed by atoms with Crippen molar-refractivity contribution in [2.45, 2.75) is 39.2 Å². The van der Waals surface area contributed by atoms with Gasteiger partial charge in [-0.15, -0.1) is 0 Å². The van der Waals surface area contributed by atoms with Crippen molar-refractivity contribution in [1.82, 2.24) is 5.32 Å². The molecule has 3 heteroatoms. The minimum Gasteiger partial charge on any atom is -0.491 e. The minimum atomic E-state index is -0.451. The van der Waals surface area contributed by atoms with E-state index in [0.29, 0.717) is 13.2 Å². The van der Waals surface area contributed by atoms with Crippen molar-refractivity contribution in [1.29, 1.82) is 0 Å². The molecule has 3 nitrogen and oxygen atoms in total. The maximum Gasteiger partial charge on any atom is 0.119 e. The average molecular weight is 277 g/mol. The van der Waals surface area contributed by atoms with Crippen molar-refractivity contribution >= 4 is 0 Å². The van der Waals surface area contributed by atoms with Crippen LogP contribution in [0.5, 0.6) is 5.75 Å². The van der Waals surface area contributed by atoms with Gasteiger partial charge < -0.3 is 15.2 Å². The number of hydrogen-bond donors (Lipinski definition) is 2. The van der Waals surface area contributed by atoms with Crippen molar-refractivity contribution in [2.75, 3.05) is 19.7 Å². The Kier molecular flexibility index (Phi) is 5.86. The van der Waals surface area contributed by atoms with Gasteiger partial charge in [-0.3, -0.25) is 0 Å². The maximum absolute atomic E-state index is 9.92. The van der Waals surface area contributed by atoms with Crippen LogP contribution in [-0.4, -0.2) is 30.9 Å². The van der Waals surface area contributed by atoms with E-state index >= 15 is 0 Å². The molecule has 112 valence electrons. The Balaban J connectivity index is 1.60. The summed E-state index contributed by atoms with van der Waals surface area (Å²) in [6, 6.07) is 7.91. The van der Waals surface area contributed by atoms with Gasteiger partial charge in [0.25, 0.3) is 0 Å². The maximum atomic E-state index is 9.92. The molecule has 1 saturated carbocycles. The third-order valence-corrected chi connectivity index (χ3v) is 4.29. The second-order valence-corrected chi connectivity index (χ2v) is 6.10. The Labute approximate surface area is 122 Å². The van der Waals surface area contributed by atoms with Gasteiger partial charge in [-0.2, -0.15) is 0 Å². The molecule has 1 aromatic carbocycles. The van der Waals surface area contributed by atoms with Crippen molar-refractivity contribution in [3.63, 3.8) is 0 Å². The number of nitrogens with one attached hydrogen (secondary N) is 1. The second-order valence-electron chi connectivity index (χ2n) is 6.10. The summed E-state index contributed by atoms with van der Waals surface area (Å²) in [5.41, 5.74) is 1.21. The molecule has 2 rings (SSSR count). The van der Waals surface area contributed by atoms with Gasteiger partial charge in [-0.1, -0.05) is 37.5 Å². The number of rotatable bonds is 7. The summed E-state index contributed by atoms with van der Waals surface area (Å²) in [6.07, 6.45) is 3.58. The monoisotopic (exact) mass is 277 g/mol. The molecule has 1 aromatic rings. The number of aryl methyl sites for hydroxylation is 1. The molecule has 0 heterocycles. The van der Waals surface area contributed by atoms with Gasteiger partial charge in [0.15, 0.2) is 0 Å². The highest BCUT2D eigenvalue weighted by atomic mass is 16.5. The first-order valence-electron chi connectivity index (χ1n) is 7.73. The van der Waals surface area contributed by atoms with Gasteiger partial charge in [0.05, 0.1) is 0 Å². The van der Waals surface area contributed by atoms with Gasteiger partial charge in [0.2, 0.25) is 0 Å². The zero-order valence-electron chi connectivity index (χ0n) is 12.6. The first-order valence-corrected chi connectivity index (χ1v) is 7.73. The molecule has 0 radical (unpaired) electrons. The number of aliphatic hydroxyl groups is 1. The van der Waals surface area contributed by atoms with Crippen LogP contribution in [0, 0.1) is 18.8 Å². The van der Waals surface area contributed by atoms with Crippen LogP contribution in [0.15, 0.2) is 24.3 Å². The van der Waals surface area contributed by atoms with Crippen LogP contribution >= 0.6 is 0 Å². The smallest absolute Gasteiger partial charge is 0.119 e. The van der Waals surface area contributed by atoms with E-state index in [-0.39, 0.29) is 0 Å². The molecule has 3 atom stereocenters. The van der Waals surface area contributed by atoms with Crippen LogP contribution in [0.25, 0.3) is 0 Å². The summed E-state index contributed by atoms with van der Waals surface area (Å²) in [4.78, 5) is 0. The van der Waals surface area contributed by atoms with Crippen LogP contribution in [-0.2, 0) is 0 Å². The Morgan fingerprint density at radius 1 is 1.30 bits per heavy atom. The molecule has 1 aliphatic rings. The van der Waals surface area contributed by atoms with E-state index in [1.54, 1.807) is 0 Å². The summed E-state index contributed by atoms with van der Waals surface area (Å²) in [5.74, 6) is 2.42. The normalized spacial score (nSPS) is 23.8. The standard InChI is InChI=1S/C17H27NO2/c1-13-6-8-17(9-7-13)20-12-16(19)11-18-10-15-5-3-4-14(15)2/h6-9,14-16,18-19H,3-5,10-12H2,1-2H3. The van der Waals surface area contributed by atoms with Crippen LogP contribution < -0.4 is 10.1 Å². The SMILES string of the molecule is Cc1ccc(OCC(O)CNCC2CCCC2C)cc1. The fraction of sp³-hybridized carbons (Fsp3) is 0.647. The Hall–Kier alpha value is -1.06. The first-order chi connectivity index (χ1) is 9.65. The lowest BCUT2D eigenvalue weighted by Gasteiger charge is -2.18. The van der Waals surface area contributed by atoms with E-state index in [2.05, 4.69) is 12.2 Å². The Morgan fingerprint density at radius 2 is 2.05 bits per heavy atom.